The number of hydrogen-bond acceptors (Lipinski definition) is 3. The number of benzene rings is 2. The summed E-state index contributed by atoms with van der Waals surface area (Å²) in [5.74, 6) is 0.741. The van der Waals surface area contributed by atoms with E-state index in [-0.39, 0.29) is 11.9 Å². The minimum absolute atomic E-state index is 0.101. The van der Waals surface area contributed by atoms with Gasteiger partial charge in [0.15, 0.2) is 0 Å². The molecular formula is C23H27ClN2O2. The Kier molecular flexibility index (Phi) is 7.52. The van der Waals surface area contributed by atoms with Crippen LogP contribution < -0.4 is 10.1 Å². The number of likely N-dealkylation sites (tertiary alicyclic amines) is 1. The second kappa shape index (κ2) is 10.3. The zero-order valence-electron chi connectivity index (χ0n) is 16.2. The standard InChI is InChI=1S/C23H27ClN2O2/c1-28-21-11-9-19(10-12-21)22(26-14-3-2-4-15-26)17-25-23(27)13-8-18-6-5-7-20(24)16-18/h5-13,16,22H,2-4,14-15,17H2,1H3,(H,25,27). The predicted molar refractivity (Wildman–Crippen MR) is 115 cm³/mol. The number of methoxy groups -OCH3 is 1. The molecule has 1 N–H and O–H groups in total. The first-order valence-electron chi connectivity index (χ1n) is 9.75. The first kappa shape index (κ1) is 20.4. The highest BCUT2D eigenvalue weighted by Crippen LogP contribution is 2.26. The summed E-state index contributed by atoms with van der Waals surface area (Å²) in [4.78, 5) is 14.8. The van der Waals surface area contributed by atoms with E-state index in [1.165, 1.54) is 24.8 Å². The number of carbonyl (C=O) groups excluding carboxylic acids is 1. The van der Waals surface area contributed by atoms with Gasteiger partial charge in [0.1, 0.15) is 5.75 Å². The Bertz CT molecular complexity index is 799. The number of hydrogen-bond donors (Lipinski definition) is 1. The number of halogens is 1. The summed E-state index contributed by atoms with van der Waals surface area (Å²) < 4.78 is 5.27. The molecule has 0 bridgehead atoms. The van der Waals surface area contributed by atoms with Crippen LogP contribution >= 0.6 is 11.6 Å². The molecule has 1 heterocycles. The van der Waals surface area contributed by atoms with Crippen molar-refractivity contribution in [1.29, 1.82) is 0 Å². The molecule has 0 spiro atoms. The predicted octanol–water partition coefficient (Wildman–Crippen LogP) is 4.71. The molecule has 1 unspecified atom stereocenters. The molecule has 5 heteroatoms. The molecule has 3 rings (SSSR count). The van der Waals surface area contributed by atoms with Gasteiger partial charge in [0.2, 0.25) is 5.91 Å². The van der Waals surface area contributed by atoms with Gasteiger partial charge in [0.05, 0.1) is 13.2 Å². The van der Waals surface area contributed by atoms with Crippen LogP contribution in [0.1, 0.15) is 36.4 Å². The summed E-state index contributed by atoms with van der Waals surface area (Å²) >= 11 is 5.99. The second-order valence-corrected chi connectivity index (χ2v) is 7.46. The Morgan fingerprint density at radius 3 is 2.61 bits per heavy atom. The third-order valence-corrected chi connectivity index (χ3v) is 5.31. The van der Waals surface area contributed by atoms with Crippen molar-refractivity contribution >= 4 is 23.6 Å². The molecular weight excluding hydrogens is 372 g/mol. The summed E-state index contributed by atoms with van der Waals surface area (Å²) in [5, 5.41) is 3.72. The van der Waals surface area contributed by atoms with Gasteiger partial charge in [-0.2, -0.15) is 0 Å². The highest BCUT2D eigenvalue weighted by molar-refractivity contribution is 6.30. The Morgan fingerprint density at radius 2 is 1.93 bits per heavy atom. The lowest BCUT2D eigenvalue weighted by atomic mass is 10.0. The minimum Gasteiger partial charge on any atom is -0.497 e. The zero-order valence-corrected chi connectivity index (χ0v) is 17.0. The average molecular weight is 399 g/mol. The van der Waals surface area contributed by atoms with Gasteiger partial charge in [0.25, 0.3) is 0 Å². The molecule has 148 valence electrons. The Balaban J connectivity index is 1.65. The number of nitrogens with zero attached hydrogens (tertiary/aromatic N) is 1. The van der Waals surface area contributed by atoms with E-state index in [9.17, 15) is 4.79 Å². The maximum Gasteiger partial charge on any atom is 0.244 e. The van der Waals surface area contributed by atoms with Crippen LogP contribution in [-0.4, -0.2) is 37.6 Å². The van der Waals surface area contributed by atoms with Crippen LogP contribution in [-0.2, 0) is 4.79 Å². The highest BCUT2D eigenvalue weighted by atomic mass is 35.5. The fourth-order valence-corrected chi connectivity index (χ4v) is 3.75. The molecule has 2 aromatic carbocycles. The molecule has 1 fully saturated rings. The molecule has 0 radical (unpaired) electrons. The summed E-state index contributed by atoms with van der Waals surface area (Å²) in [5.41, 5.74) is 2.10. The van der Waals surface area contributed by atoms with Crippen LogP contribution in [0.2, 0.25) is 5.02 Å². The number of carbonyl (C=O) groups is 1. The molecule has 0 aliphatic carbocycles. The molecule has 1 atom stereocenters. The number of nitrogens with one attached hydrogen (secondary N) is 1. The van der Waals surface area contributed by atoms with E-state index < -0.39 is 0 Å². The second-order valence-electron chi connectivity index (χ2n) is 7.02. The smallest absolute Gasteiger partial charge is 0.244 e. The third-order valence-electron chi connectivity index (χ3n) is 5.08. The number of rotatable bonds is 7. The SMILES string of the molecule is COc1ccc(C(CNC(=O)C=Cc2cccc(Cl)c2)N2CCCCC2)cc1. The normalized spacial score (nSPS) is 16.1. The van der Waals surface area contributed by atoms with E-state index in [0.717, 1.165) is 24.4 Å². The molecule has 0 aromatic heterocycles. The summed E-state index contributed by atoms with van der Waals surface area (Å²) in [6.45, 7) is 2.70. The molecule has 1 amide bonds. The summed E-state index contributed by atoms with van der Waals surface area (Å²) in [6, 6.07) is 15.7. The monoisotopic (exact) mass is 398 g/mol. The van der Waals surface area contributed by atoms with E-state index >= 15 is 0 Å². The van der Waals surface area contributed by atoms with E-state index in [2.05, 4.69) is 22.3 Å². The molecule has 4 nitrogen and oxygen atoms in total. The maximum absolute atomic E-state index is 12.4. The lowest BCUT2D eigenvalue weighted by Crippen LogP contribution is -2.40. The fraction of sp³-hybridized carbons (Fsp3) is 0.348. The van der Waals surface area contributed by atoms with Crippen LogP contribution in [0.5, 0.6) is 5.75 Å². The van der Waals surface area contributed by atoms with E-state index in [0.29, 0.717) is 11.6 Å². The Morgan fingerprint density at radius 1 is 1.18 bits per heavy atom. The van der Waals surface area contributed by atoms with Crippen LogP contribution in [0.3, 0.4) is 0 Å². The first-order valence-corrected chi connectivity index (χ1v) is 10.1. The van der Waals surface area contributed by atoms with Gasteiger partial charge in [-0.25, -0.2) is 0 Å². The highest BCUT2D eigenvalue weighted by Gasteiger charge is 2.22. The first-order chi connectivity index (χ1) is 13.7. The van der Waals surface area contributed by atoms with Crippen molar-refractivity contribution in [3.8, 4) is 5.75 Å². The number of piperidine rings is 1. The largest absolute Gasteiger partial charge is 0.497 e. The van der Waals surface area contributed by atoms with Crippen molar-refractivity contribution in [2.75, 3.05) is 26.7 Å². The molecule has 2 aromatic rings. The molecule has 0 saturated carbocycles. The van der Waals surface area contributed by atoms with Crippen LogP contribution in [0, 0.1) is 0 Å². The van der Waals surface area contributed by atoms with Gasteiger partial charge < -0.3 is 10.1 Å². The Labute approximate surface area is 172 Å². The van der Waals surface area contributed by atoms with E-state index in [1.807, 2.05) is 36.4 Å². The van der Waals surface area contributed by atoms with Crippen molar-refractivity contribution in [3.63, 3.8) is 0 Å². The van der Waals surface area contributed by atoms with Gasteiger partial charge in [-0.15, -0.1) is 0 Å². The average Bonchev–Trinajstić information content (AvgIpc) is 2.74. The van der Waals surface area contributed by atoms with Crippen molar-refractivity contribution in [3.05, 3.63) is 70.8 Å². The topological polar surface area (TPSA) is 41.6 Å². The van der Waals surface area contributed by atoms with Crippen molar-refractivity contribution in [1.82, 2.24) is 10.2 Å². The molecule has 1 saturated heterocycles. The van der Waals surface area contributed by atoms with E-state index in [1.54, 1.807) is 19.3 Å². The number of ether oxygens (including phenoxy) is 1. The molecule has 1 aliphatic heterocycles. The van der Waals surface area contributed by atoms with Crippen molar-refractivity contribution < 1.29 is 9.53 Å². The molecule has 28 heavy (non-hydrogen) atoms. The van der Waals surface area contributed by atoms with Crippen LogP contribution in [0.4, 0.5) is 0 Å². The van der Waals surface area contributed by atoms with Gasteiger partial charge >= 0.3 is 0 Å². The minimum atomic E-state index is -0.101. The lowest BCUT2D eigenvalue weighted by molar-refractivity contribution is -0.116. The quantitative estimate of drug-likeness (QED) is 0.687. The lowest BCUT2D eigenvalue weighted by Gasteiger charge is -2.35. The van der Waals surface area contributed by atoms with Gasteiger partial charge in [-0.1, -0.05) is 42.3 Å². The zero-order chi connectivity index (χ0) is 19.8. The number of amides is 1. The van der Waals surface area contributed by atoms with Crippen molar-refractivity contribution in [2.24, 2.45) is 0 Å². The van der Waals surface area contributed by atoms with Gasteiger partial charge in [-0.05, 0) is 67.4 Å². The maximum atomic E-state index is 12.4. The summed E-state index contributed by atoms with van der Waals surface area (Å²) in [7, 11) is 1.67. The molecule has 1 aliphatic rings. The van der Waals surface area contributed by atoms with E-state index in [4.69, 9.17) is 16.3 Å². The van der Waals surface area contributed by atoms with Gasteiger partial charge in [0, 0.05) is 17.6 Å². The van der Waals surface area contributed by atoms with Crippen molar-refractivity contribution in [2.45, 2.75) is 25.3 Å². The Hall–Kier alpha value is -2.30. The fourth-order valence-electron chi connectivity index (χ4n) is 3.55. The van der Waals surface area contributed by atoms with Crippen LogP contribution in [0.25, 0.3) is 6.08 Å². The van der Waals surface area contributed by atoms with Gasteiger partial charge in [-0.3, -0.25) is 9.69 Å². The third kappa shape index (κ3) is 5.85. The van der Waals surface area contributed by atoms with Crippen LogP contribution in [0.15, 0.2) is 54.6 Å². The summed E-state index contributed by atoms with van der Waals surface area (Å²) in [6.07, 6.45) is 7.03.